The van der Waals surface area contributed by atoms with Crippen molar-refractivity contribution in [3.05, 3.63) is 22.8 Å². The van der Waals surface area contributed by atoms with E-state index in [0.717, 1.165) is 31.5 Å². The maximum Gasteiger partial charge on any atom is 0.213 e. The summed E-state index contributed by atoms with van der Waals surface area (Å²) in [6, 6.07) is 1.99. The normalized spacial score (nSPS) is 17.0. The maximum atomic E-state index is 6.22. The molecule has 1 aromatic heterocycles. The van der Waals surface area contributed by atoms with Crippen LogP contribution < -0.4 is 10.1 Å². The molecule has 0 amide bonds. The summed E-state index contributed by atoms with van der Waals surface area (Å²) in [4.78, 5) is 4.32. The molecule has 1 fully saturated rings. The van der Waals surface area contributed by atoms with E-state index in [1.54, 1.807) is 6.20 Å². The van der Waals surface area contributed by atoms with Gasteiger partial charge in [-0.2, -0.15) is 0 Å². The molecule has 1 saturated carbocycles. The van der Waals surface area contributed by atoms with Crippen LogP contribution in [0, 0.1) is 5.92 Å². The molecule has 0 saturated heterocycles. The van der Waals surface area contributed by atoms with Crippen LogP contribution in [0.25, 0.3) is 0 Å². The molecule has 0 aliphatic heterocycles. The largest absolute Gasteiger partial charge is 0.474 e. The molecule has 0 spiro atoms. The summed E-state index contributed by atoms with van der Waals surface area (Å²) in [6.45, 7) is 6.14. The van der Waals surface area contributed by atoms with Crippen molar-refractivity contribution in [2.45, 2.75) is 65.0 Å². The van der Waals surface area contributed by atoms with Gasteiger partial charge in [0.2, 0.25) is 5.88 Å². The summed E-state index contributed by atoms with van der Waals surface area (Å²) in [7, 11) is 0. The number of ether oxygens (including phenoxy) is 1. The third kappa shape index (κ3) is 5.84. The standard InChI is InChI=1S/C17H27ClN2O/c1-13(2)10-19-11-14-9-17(20-12-16(14)18)21-15-7-5-3-4-6-8-15/h9,12-13,15,19H,3-8,10-11H2,1-2H3. The first-order valence-electron chi connectivity index (χ1n) is 8.17. The Morgan fingerprint density at radius 2 is 2.00 bits per heavy atom. The van der Waals surface area contributed by atoms with E-state index in [2.05, 4.69) is 24.1 Å². The van der Waals surface area contributed by atoms with E-state index in [1.807, 2.05) is 6.07 Å². The van der Waals surface area contributed by atoms with Crippen LogP contribution in [0.1, 0.15) is 57.9 Å². The Morgan fingerprint density at radius 1 is 1.29 bits per heavy atom. The monoisotopic (exact) mass is 310 g/mol. The van der Waals surface area contributed by atoms with Crippen LogP contribution in [-0.4, -0.2) is 17.6 Å². The molecule has 0 aromatic carbocycles. The summed E-state index contributed by atoms with van der Waals surface area (Å²) in [5, 5.41) is 4.12. The maximum absolute atomic E-state index is 6.22. The van der Waals surface area contributed by atoms with E-state index in [1.165, 1.54) is 25.7 Å². The molecular formula is C17H27ClN2O. The van der Waals surface area contributed by atoms with Gasteiger partial charge in [-0.15, -0.1) is 0 Å². The van der Waals surface area contributed by atoms with Gasteiger partial charge in [0.25, 0.3) is 0 Å². The Balaban J connectivity index is 1.93. The molecule has 0 unspecified atom stereocenters. The van der Waals surface area contributed by atoms with Crippen molar-refractivity contribution in [1.82, 2.24) is 10.3 Å². The molecule has 1 aromatic rings. The van der Waals surface area contributed by atoms with Crippen LogP contribution in [0.4, 0.5) is 0 Å². The number of pyridine rings is 1. The molecular weight excluding hydrogens is 284 g/mol. The minimum atomic E-state index is 0.317. The van der Waals surface area contributed by atoms with Crippen LogP contribution in [0.15, 0.2) is 12.3 Å². The van der Waals surface area contributed by atoms with Gasteiger partial charge in [0, 0.05) is 18.8 Å². The quantitative estimate of drug-likeness (QED) is 0.781. The molecule has 21 heavy (non-hydrogen) atoms. The van der Waals surface area contributed by atoms with E-state index in [4.69, 9.17) is 16.3 Å². The molecule has 3 nitrogen and oxygen atoms in total. The fraction of sp³-hybridized carbons (Fsp3) is 0.706. The number of hydrogen-bond donors (Lipinski definition) is 1. The van der Waals surface area contributed by atoms with Crippen LogP contribution in [0.5, 0.6) is 5.88 Å². The second-order valence-corrected chi connectivity index (χ2v) is 6.78. The van der Waals surface area contributed by atoms with Gasteiger partial charge < -0.3 is 10.1 Å². The molecule has 1 aliphatic carbocycles. The zero-order valence-corrected chi connectivity index (χ0v) is 14.0. The first-order valence-corrected chi connectivity index (χ1v) is 8.54. The number of nitrogens with zero attached hydrogens (tertiary/aromatic N) is 1. The fourth-order valence-electron chi connectivity index (χ4n) is 2.68. The molecule has 0 atom stereocenters. The number of nitrogens with one attached hydrogen (secondary N) is 1. The molecule has 4 heteroatoms. The Bertz CT molecular complexity index is 429. The molecule has 2 rings (SSSR count). The number of aromatic nitrogens is 1. The number of rotatable bonds is 6. The topological polar surface area (TPSA) is 34.1 Å². The summed E-state index contributed by atoms with van der Waals surface area (Å²) < 4.78 is 6.06. The third-order valence-corrected chi connectivity index (χ3v) is 4.21. The first-order chi connectivity index (χ1) is 10.1. The van der Waals surface area contributed by atoms with Gasteiger partial charge in [0.05, 0.1) is 5.02 Å². The van der Waals surface area contributed by atoms with Gasteiger partial charge in [0.1, 0.15) is 6.10 Å². The predicted molar refractivity (Wildman–Crippen MR) is 87.9 cm³/mol. The minimum Gasteiger partial charge on any atom is -0.474 e. The highest BCUT2D eigenvalue weighted by atomic mass is 35.5. The smallest absolute Gasteiger partial charge is 0.213 e. The lowest BCUT2D eigenvalue weighted by Crippen LogP contribution is -2.20. The number of halogens is 1. The second kappa shape index (κ2) is 8.60. The van der Waals surface area contributed by atoms with E-state index >= 15 is 0 Å². The van der Waals surface area contributed by atoms with Gasteiger partial charge in [-0.1, -0.05) is 38.3 Å². The lowest BCUT2D eigenvalue weighted by Gasteiger charge is -2.17. The van der Waals surface area contributed by atoms with Crippen LogP contribution in [0.2, 0.25) is 5.02 Å². The third-order valence-electron chi connectivity index (χ3n) is 3.87. The SMILES string of the molecule is CC(C)CNCc1cc(OC2CCCCCC2)ncc1Cl. The lowest BCUT2D eigenvalue weighted by molar-refractivity contribution is 0.176. The first kappa shape index (κ1) is 16.6. The van der Waals surface area contributed by atoms with Crippen molar-refractivity contribution in [2.75, 3.05) is 6.54 Å². The summed E-state index contributed by atoms with van der Waals surface area (Å²) in [6.07, 6.45) is 9.51. The summed E-state index contributed by atoms with van der Waals surface area (Å²) in [5.41, 5.74) is 1.07. The summed E-state index contributed by atoms with van der Waals surface area (Å²) >= 11 is 6.22. The highest BCUT2D eigenvalue weighted by molar-refractivity contribution is 6.31. The van der Waals surface area contributed by atoms with E-state index in [-0.39, 0.29) is 0 Å². The molecule has 1 heterocycles. The average molecular weight is 311 g/mol. The van der Waals surface area contributed by atoms with Crippen molar-refractivity contribution < 1.29 is 4.74 Å². The lowest BCUT2D eigenvalue weighted by atomic mass is 10.1. The Morgan fingerprint density at radius 3 is 2.67 bits per heavy atom. The average Bonchev–Trinajstić information content (AvgIpc) is 2.70. The molecule has 0 radical (unpaired) electrons. The van der Waals surface area contributed by atoms with Crippen LogP contribution in [0.3, 0.4) is 0 Å². The van der Waals surface area contributed by atoms with Gasteiger partial charge >= 0.3 is 0 Å². The van der Waals surface area contributed by atoms with E-state index in [0.29, 0.717) is 22.9 Å². The van der Waals surface area contributed by atoms with Crippen LogP contribution in [-0.2, 0) is 6.54 Å². The van der Waals surface area contributed by atoms with Crippen molar-refractivity contribution in [1.29, 1.82) is 0 Å². The Hall–Kier alpha value is -0.800. The van der Waals surface area contributed by atoms with E-state index in [9.17, 15) is 0 Å². The Labute approximate surface area is 133 Å². The minimum absolute atomic E-state index is 0.317. The number of hydrogen-bond acceptors (Lipinski definition) is 3. The van der Waals surface area contributed by atoms with Crippen molar-refractivity contribution >= 4 is 11.6 Å². The van der Waals surface area contributed by atoms with Crippen molar-refractivity contribution in [2.24, 2.45) is 5.92 Å². The van der Waals surface area contributed by atoms with Gasteiger partial charge in [-0.25, -0.2) is 4.98 Å². The molecule has 118 valence electrons. The second-order valence-electron chi connectivity index (χ2n) is 6.37. The van der Waals surface area contributed by atoms with Gasteiger partial charge in [-0.3, -0.25) is 0 Å². The van der Waals surface area contributed by atoms with Crippen LogP contribution >= 0.6 is 11.6 Å². The molecule has 1 N–H and O–H groups in total. The van der Waals surface area contributed by atoms with Gasteiger partial charge in [-0.05, 0) is 43.7 Å². The zero-order chi connectivity index (χ0) is 15.1. The highest BCUT2D eigenvalue weighted by Crippen LogP contribution is 2.24. The molecule has 0 bridgehead atoms. The molecule has 1 aliphatic rings. The zero-order valence-electron chi connectivity index (χ0n) is 13.2. The van der Waals surface area contributed by atoms with Crippen molar-refractivity contribution in [3.8, 4) is 5.88 Å². The highest BCUT2D eigenvalue weighted by Gasteiger charge is 2.15. The van der Waals surface area contributed by atoms with Crippen molar-refractivity contribution in [3.63, 3.8) is 0 Å². The van der Waals surface area contributed by atoms with Gasteiger partial charge in [0.15, 0.2) is 0 Å². The Kier molecular flexibility index (Phi) is 6.78. The van der Waals surface area contributed by atoms with E-state index < -0.39 is 0 Å². The fourth-order valence-corrected chi connectivity index (χ4v) is 2.85. The predicted octanol–water partition coefficient (Wildman–Crippen LogP) is 4.58. The summed E-state index contributed by atoms with van der Waals surface area (Å²) in [5.74, 6) is 1.35.